The van der Waals surface area contributed by atoms with Crippen LogP contribution in [0.4, 0.5) is 0 Å². The quantitative estimate of drug-likeness (QED) is 0.914. The van der Waals surface area contributed by atoms with Crippen molar-refractivity contribution < 1.29 is 19.4 Å². The van der Waals surface area contributed by atoms with Gasteiger partial charge in [-0.15, -0.1) is 11.8 Å². The van der Waals surface area contributed by atoms with Crippen LogP contribution in [0.5, 0.6) is 5.75 Å². The molecule has 0 saturated carbocycles. The van der Waals surface area contributed by atoms with Gasteiger partial charge < -0.3 is 14.7 Å². The van der Waals surface area contributed by atoms with E-state index in [4.69, 9.17) is 4.74 Å². The van der Waals surface area contributed by atoms with E-state index in [0.29, 0.717) is 11.5 Å². The number of ether oxygens (including phenoxy) is 1. The number of nitrogens with zero attached hydrogens (tertiary/aromatic N) is 1. The lowest BCUT2D eigenvalue weighted by Crippen LogP contribution is -2.41. The minimum Gasteiger partial charge on any atom is -0.496 e. The van der Waals surface area contributed by atoms with Crippen molar-refractivity contribution in [3.63, 3.8) is 0 Å². The van der Waals surface area contributed by atoms with Crippen molar-refractivity contribution in [2.45, 2.75) is 18.3 Å². The highest BCUT2D eigenvalue weighted by atomic mass is 32.2. The first-order chi connectivity index (χ1) is 9.06. The highest BCUT2D eigenvalue weighted by Gasteiger charge is 2.41. The maximum Gasteiger partial charge on any atom is 0.327 e. The van der Waals surface area contributed by atoms with E-state index in [1.807, 2.05) is 24.3 Å². The second-order valence-electron chi connectivity index (χ2n) is 4.21. The summed E-state index contributed by atoms with van der Waals surface area (Å²) in [6.45, 7) is 1.39. The molecule has 2 rings (SSSR count). The van der Waals surface area contributed by atoms with Crippen molar-refractivity contribution >= 4 is 23.6 Å². The average molecular weight is 281 g/mol. The summed E-state index contributed by atoms with van der Waals surface area (Å²) in [4.78, 5) is 24.4. The highest BCUT2D eigenvalue weighted by Crippen LogP contribution is 2.44. The maximum atomic E-state index is 11.8. The molecular weight excluding hydrogens is 266 g/mol. The number of carboxylic acids is 1. The summed E-state index contributed by atoms with van der Waals surface area (Å²) < 4.78 is 5.28. The molecule has 0 bridgehead atoms. The molecular formula is C13H15NO4S. The minimum atomic E-state index is -0.972. The molecule has 5 nitrogen and oxygen atoms in total. The smallest absolute Gasteiger partial charge is 0.327 e. The third-order valence-corrected chi connectivity index (χ3v) is 4.36. The fourth-order valence-corrected chi connectivity index (χ4v) is 3.69. The minimum absolute atomic E-state index is 0.242. The highest BCUT2D eigenvalue weighted by molar-refractivity contribution is 7.99. The van der Waals surface area contributed by atoms with Gasteiger partial charge in [-0.3, -0.25) is 4.79 Å². The summed E-state index contributed by atoms with van der Waals surface area (Å²) in [5.74, 6) is -0.164. The zero-order chi connectivity index (χ0) is 14.0. The lowest BCUT2D eigenvalue weighted by molar-refractivity contribution is -0.148. The van der Waals surface area contributed by atoms with Gasteiger partial charge in [-0.1, -0.05) is 18.2 Å². The predicted molar refractivity (Wildman–Crippen MR) is 72.1 cm³/mol. The van der Waals surface area contributed by atoms with E-state index in [1.54, 1.807) is 7.11 Å². The molecule has 1 saturated heterocycles. The number of carbonyl (C=O) groups is 2. The lowest BCUT2D eigenvalue weighted by atomic mass is 10.1. The Morgan fingerprint density at radius 1 is 1.42 bits per heavy atom. The number of aliphatic carboxylic acids is 1. The van der Waals surface area contributed by atoms with Crippen LogP contribution in [-0.2, 0) is 9.59 Å². The molecule has 1 aromatic rings. The van der Waals surface area contributed by atoms with Crippen molar-refractivity contribution in [3.8, 4) is 5.75 Å². The third-order valence-electron chi connectivity index (χ3n) is 3.05. The second-order valence-corrected chi connectivity index (χ2v) is 5.32. The Hall–Kier alpha value is -1.69. The first-order valence-corrected chi connectivity index (χ1v) is 6.87. The summed E-state index contributed by atoms with van der Waals surface area (Å²) in [6, 6.07) is 6.58. The van der Waals surface area contributed by atoms with Crippen molar-refractivity contribution in [2.75, 3.05) is 12.9 Å². The van der Waals surface area contributed by atoms with E-state index in [1.165, 1.54) is 23.6 Å². The molecule has 1 aliphatic rings. The van der Waals surface area contributed by atoms with Crippen LogP contribution in [0.15, 0.2) is 24.3 Å². The fourth-order valence-electron chi connectivity index (χ4n) is 2.19. The monoisotopic (exact) mass is 281 g/mol. The van der Waals surface area contributed by atoms with Crippen LogP contribution in [-0.4, -0.2) is 40.8 Å². The van der Waals surface area contributed by atoms with Gasteiger partial charge in [-0.25, -0.2) is 4.79 Å². The molecule has 19 heavy (non-hydrogen) atoms. The van der Waals surface area contributed by atoms with Gasteiger partial charge in [0.25, 0.3) is 0 Å². The molecule has 6 heteroatoms. The number of hydrogen-bond donors (Lipinski definition) is 1. The topological polar surface area (TPSA) is 66.8 Å². The first kappa shape index (κ1) is 13.7. The van der Waals surface area contributed by atoms with Gasteiger partial charge in [-0.05, 0) is 6.07 Å². The molecule has 1 heterocycles. The van der Waals surface area contributed by atoms with Crippen LogP contribution in [0.1, 0.15) is 17.9 Å². The van der Waals surface area contributed by atoms with Crippen LogP contribution in [0.25, 0.3) is 0 Å². The van der Waals surface area contributed by atoms with E-state index in [-0.39, 0.29) is 11.3 Å². The first-order valence-electron chi connectivity index (χ1n) is 5.82. The number of carboxylic acid groups (broad SMARTS) is 1. The molecule has 0 spiro atoms. The number of benzene rings is 1. The Bertz CT molecular complexity index is 505. The van der Waals surface area contributed by atoms with Crippen LogP contribution >= 0.6 is 11.8 Å². The Morgan fingerprint density at radius 3 is 2.68 bits per heavy atom. The van der Waals surface area contributed by atoms with Crippen molar-refractivity contribution in [1.29, 1.82) is 0 Å². The van der Waals surface area contributed by atoms with Gasteiger partial charge in [0.15, 0.2) is 0 Å². The van der Waals surface area contributed by atoms with Gasteiger partial charge in [0.2, 0.25) is 5.91 Å². The molecule has 1 N–H and O–H groups in total. The Balaban J connectivity index is 2.39. The summed E-state index contributed by atoms with van der Waals surface area (Å²) in [7, 11) is 1.56. The van der Waals surface area contributed by atoms with Crippen molar-refractivity contribution in [3.05, 3.63) is 29.8 Å². The molecule has 0 radical (unpaired) electrons. The largest absolute Gasteiger partial charge is 0.496 e. The Morgan fingerprint density at radius 2 is 2.11 bits per heavy atom. The normalized spacial score (nSPS) is 22.3. The summed E-state index contributed by atoms with van der Waals surface area (Å²) in [5.41, 5.74) is 0.828. The lowest BCUT2D eigenvalue weighted by Gasteiger charge is -2.27. The van der Waals surface area contributed by atoms with E-state index < -0.39 is 12.0 Å². The number of thioether (sulfide) groups is 1. The summed E-state index contributed by atoms with van der Waals surface area (Å²) in [6.07, 6.45) is 0. The molecule has 0 aromatic heterocycles. The number of hydrogen-bond acceptors (Lipinski definition) is 4. The van der Waals surface area contributed by atoms with E-state index in [9.17, 15) is 14.7 Å². The Kier molecular flexibility index (Phi) is 3.99. The van der Waals surface area contributed by atoms with Crippen LogP contribution < -0.4 is 4.74 Å². The Labute approximate surface area is 115 Å². The van der Waals surface area contributed by atoms with E-state index in [0.717, 1.165) is 5.56 Å². The number of rotatable bonds is 3. The number of carbonyl (C=O) groups excluding carboxylic acids is 1. The number of amides is 1. The molecule has 1 aromatic carbocycles. The molecule has 1 aliphatic heterocycles. The van der Waals surface area contributed by atoms with Crippen LogP contribution in [0, 0.1) is 0 Å². The van der Waals surface area contributed by atoms with Gasteiger partial charge in [0.1, 0.15) is 17.2 Å². The van der Waals surface area contributed by atoms with E-state index >= 15 is 0 Å². The zero-order valence-electron chi connectivity index (χ0n) is 10.7. The predicted octanol–water partition coefficient (Wildman–Crippen LogP) is 1.74. The number of methoxy groups -OCH3 is 1. The standard InChI is InChI=1S/C13H15NO4S/c1-8(15)14-10(13(16)17)7-19-12(14)9-5-3-4-6-11(9)18-2/h3-6,10,12H,7H2,1-2H3,(H,16,17)/t10-,12-/m1/s1. The number of para-hydroxylation sites is 1. The van der Waals surface area contributed by atoms with Crippen LogP contribution in [0.3, 0.4) is 0 Å². The van der Waals surface area contributed by atoms with Crippen LogP contribution in [0.2, 0.25) is 0 Å². The average Bonchev–Trinajstić information content (AvgIpc) is 2.83. The second kappa shape index (κ2) is 5.52. The van der Waals surface area contributed by atoms with E-state index in [2.05, 4.69) is 0 Å². The zero-order valence-corrected chi connectivity index (χ0v) is 11.5. The summed E-state index contributed by atoms with van der Waals surface area (Å²) >= 11 is 1.44. The fraction of sp³-hybridized carbons (Fsp3) is 0.385. The maximum absolute atomic E-state index is 11.8. The molecule has 1 amide bonds. The van der Waals surface area contributed by atoms with Crippen molar-refractivity contribution in [2.24, 2.45) is 0 Å². The van der Waals surface area contributed by atoms with Gasteiger partial charge in [0.05, 0.1) is 7.11 Å². The third kappa shape index (κ3) is 2.53. The van der Waals surface area contributed by atoms with Gasteiger partial charge in [0, 0.05) is 18.2 Å². The molecule has 2 atom stereocenters. The molecule has 102 valence electrons. The SMILES string of the molecule is COc1ccccc1[C@H]1SC[C@H](C(=O)O)N1C(C)=O. The molecule has 1 fully saturated rings. The molecule has 0 aliphatic carbocycles. The van der Waals surface area contributed by atoms with Gasteiger partial charge >= 0.3 is 5.97 Å². The molecule has 0 unspecified atom stereocenters. The van der Waals surface area contributed by atoms with Gasteiger partial charge in [-0.2, -0.15) is 0 Å². The van der Waals surface area contributed by atoms with Crippen molar-refractivity contribution in [1.82, 2.24) is 4.90 Å². The summed E-state index contributed by atoms with van der Waals surface area (Å²) in [5, 5.41) is 8.87.